The van der Waals surface area contributed by atoms with Crippen molar-refractivity contribution >= 4 is 17.6 Å². The van der Waals surface area contributed by atoms with Crippen LogP contribution in [0.15, 0.2) is 18.2 Å². The molecule has 1 amide bonds. The Labute approximate surface area is 111 Å². The molecular weight excluding hydrogens is 246 g/mol. The summed E-state index contributed by atoms with van der Waals surface area (Å²) in [6.45, 7) is 2.45. The van der Waals surface area contributed by atoms with Crippen LogP contribution in [0.4, 0.5) is 5.69 Å². The number of anilines is 1. The summed E-state index contributed by atoms with van der Waals surface area (Å²) in [5, 5.41) is 11.6. The van der Waals surface area contributed by atoms with Crippen LogP contribution in [-0.4, -0.2) is 30.2 Å². The Bertz CT molecular complexity index is 494. The van der Waals surface area contributed by atoms with Gasteiger partial charge in [0.05, 0.1) is 12.2 Å². The fourth-order valence-electron chi connectivity index (χ4n) is 1.68. The number of nitrogens with one attached hydrogen (secondary N) is 1. The van der Waals surface area contributed by atoms with E-state index < -0.39 is 5.97 Å². The smallest absolute Gasteiger partial charge is 0.335 e. The van der Waals surface area contributed by atoms with E-state index in [2.05, 4.69) is 5.32 Å². The summed E-state index contributed by atoms with van der Waals surface area (Å²) in [5.41, 5.74) is 1.49. The number of carboxylic acid groups (broad SMARTS) is 1. The van der Waals surface area contributed by atoms with Gasteiger partial charge in [0, 0.05) is 5.69 Å². The molecular formula is C14H17NO4. The van der Waals surface area contributed by atoms with E-state index in [1.165, 1.54) is 25.0 Å². The maximum atomic E-state index is 11.7. The van der Waals surface area contributed by atoms with Gasteiger partial charge in [0.25, 0.3) is 0 Å². The monoisotopic (exact) mass is 263 g/mol. The number of rotatable bonds is 6. The Hall–Kier alpha value is -1.88. The number of aryl methyl sites for hydroxylation is 1. The topological polar surface area (TPSA) is 75.6 Å². The molecule has 1 aliphatic carbocycles. The largest absolute Gasteiger partial charge is 0.478 e. The first kappa shape index (κ1) is 13.5. The second-order valence-corrected chi connectivity index (χ2v) is 4.84. The summed E-state index contributed by atoms with van der Waals surface area (Å²) < 4.78 is 5.28. The Kier molecular flexibility index (Phi) is 4.16. The lowest BCUT2D eigenvalue weighted by Gasteiger charge is -2.09. The van der Waals surface area contributed by atoms with E-state index in [4.69, 9.17) is 9.84 Å². The second-order valence-electron chi connectivity index (χ2n) is 4.84. The number of amides is 1. The van der Waals surface area contributed by atoms with Gasteiger partial charge in [0.1, 0.15) is 6.61 Å². The van der Waals surface area contributed by atoms with Gasteiger partial charge >= 0.3 is 5.97 Å². The Morgan fingerprint density at radius 3 is 2.79 bits per heavy atom. The summed E-state index contributed by atoms with van der Waals surface area (Å²) in [5.74, 6) is -0.656. The van der Waals surface area contributed by atoms with Crippen molar-refractivity contribution in [2.24, 2.45) is 5.92 Å². The van der Waals surface area contributed by atoms with Crippen LogP contribution in [0.5, 0.6) is 0 Å². The number of carbonyl (C=O) groups is 2. The molecule has 5 heteroatoms. The average Bonchev–Trinajstić information content (AvgIpc) is 3.15. The molecule has 1 aromatic rings. The minimum Gasteiger partial charge on any atom is -0.478 e. The third kappa shape index (κ3) is 4.06. The van der Waals surface area contributed by atoms with Crippen molar-refractivity contribution < 1.29 is 19.4 Å². The standard InChI is InChI=1S/C14H17NO4/c1-9-2-5-11(14(17)18)6-12(9)15-13(16)8-19-7-10-3-4-10/h2,5-6,10H,3-4,7-8H2,1H3,(H,15,16)(H,17,18). The van der Waals surface area contributed by atoms with E-state index in [1.54, 1.807) is 6.07 Å². The highest BCUT2D eigenvalue weighted by Gasteiger charge is 2.21. The highest BCUT2D eigenvalue weighted by Crippen LogP contribution is 2.28. The lowest BCUT2D eigenvalue weighted by Crippen LogP contribution is -2.19. The lowest BCUT2D eigenvalue weighted by molar-refractivity contribution is -0.120. The van der Waals surface area contributed by atoms with Crippen LogP contribution in [0, 0.1) is 12.8 Å². The molecule has 5 nitrogen and oxygen atoms in total. The molecule has 0 aromatic heterocycles. The van der Waals surface area contributed by atoms with E-state index in [9.17, 15) is 9.59 Å². The van der Waals surface area contributed by atoms with Crippen molar-refractivity contribution in [1.29, 1.82) is 0 Å². The van der Waals surface area contributed by atoms with E-state index >= 15 is 0 Å². The summed E-state index contributed by atoms with van der Waals surface area (Å²) in [6, 6.07) is 4.64. The van der Waals surface area contributed by atoms with Crippen molar-refractivity contribution in [3.8, 4) is 0 Å². The summed E-state index contributed by atoms with van der Waals surface area (Å²) in [6.07, 6.45) is 2.36. The normalized spacial score (nSPS) is 14.2. The molecule has 1 saturated carbocycles. The minimum atomic E-state index is -1.01. The van der Waals surface area contributed by atoms with E-state index in [0.717, 1.165) is 5.56 Å². The number of aromatic carboxylic acids is 1. The molecule has 0 radical (unpaired) electrons. The van der Waals surface area contributed by atoms with Crippen LogP contribution >= 0.6 is 0 Å². The van der Waals surface area contributed by atoms with Crippen LogP contribution in [0.2, 0.25) is 0 Å². The molecule has 0 heterocycles. The van der Waals surface area contributed by atoms with Crippen LogP contribution in [0.1, 0.15) is 28.8 Å². The molecule has 102 valence electrons. The Morgan fingerprint density at radius 1 is 1.42 bits per heavy atom. The van der Waals surface area contributed by atoms with Crippen LogP contribution < -0.4 is 5.32 Å². The SMILES string of the molecule is Cc1ccc(C(=O)O)cc1NC(=O)COCC1CC1. The molecule has 0 aliphatic heterocycles. The highest BCUT2D eigenvalue weighted by molar-refractivity contribution is 5.95. The number of ether oxygens (including phenoxy) is 1. The second kappa shape index (κ2) is 5.84. The van der Waals surface area contributed by atoms with E-state index in [0.29, 0.717) is 18.2 Å². The van der Waals surface area contributed by atoms with Crippen LogP contribution in [-0.2, 0) is 9.53 Å². The summed E-state index contributed by atoms with van der Waals surface area (Å²) in [7, 11) is 0. The third-order valence-electron chi connectivity index (χ3n) is 3.04. The third-order valence-corrected chi connectivity index (χ3v) is 3.04. The van der Waals surface area contributed by atoms with Gasteiger partial charge in [-0.2, -0.15) is 0 Å². The van der Waals surface area contributed by atoms with Crippen molar-refractivity contribution in [3.63, 3.8) is 0 Å². The van der Waals surface area contributed by atoms with Crippen molar-refractivity contribution in [2.45, 2.75) is 19.8 Å². The zero-order valence-corrected chi connectivity index (χ0v) is 10.8. The minimum absolute atomic E-state index is 0.00718. The quantitative estimate of drug-likeness (QED) is 0.823. The van der Waals surface area contributed by atoms with Gasteiger partial charge in [-0.25, -0.2) is 4.79 Å². The fourth-order valence-corrected chi connectivity index (χ4v) is 1.68. The molecule has 0 atom stereocenters. The number of hydrogen-bond donors (Lipinski definition) is 2. The van der Waals surface area contributed by atoms with Crippen molar-refractivity contribution in [1.82, 2.24) is 0 Å². The van der Waals surface area contributed by atoms with Crippen LogP contribution in [0.25, 0.3) is 0 Å². The lowest BCUT2D eigenvalue weighted by atomic mass is 10.1. The predicted octanol–water partition coefficient (Wildman–Crippen LogP) is 2.06. The van der Waals surface area contributed by atoms with Gasteiger partial charge in [0.2, 0.25) is 5.91 Å². The number of carbonyl (C=O) groups excluding carboxylic acids is 1. The summed E-state index contributed by atoms with van der Waals surface area (Å²) in [4.78, 5) is 22.5. The van der Waals surface area contributed by atoms with Crippen LogP contribution in [0.3, 0.4) is 0 Å². The average molecular weight is 263 g/mol. The zero-order valence-electron chi connectivity index (χ0n) is 10.8. The van der Waals surface area contributed by atoms with Gasteiger partial charge in [-0.1, -0.05) is 6.07 Å². The Balaban J connectivity index is 1.90. The molecule has 0 saturated heterocycles. The van der Waals surface area contributed by atoms with Crippen molar-refractivity contribution in [3.05, 3.63) is 29.3 Å². The van der Waals surface area contributed by atoms with Gasteiger partial charge in [-0.05, 0) is 43.4 Å². The number of hydrogen-bond acceptors (Lipinski definition) is 3. The maximum Gasteiger partial charge on any atom is 0.335 e. The molecule has 0 spiro atoms. The predicted molar refractivity (Wildman–Crippen MR) is 70.3 cm³/mol. The molecule has 1 fully saturated rings. The summed E-state index contributed by atoms with van der Waals surface area (Å²) >= 11 is 0. The first-order valence-electron chi connectivity index (χ1n) is 6.28. The molecule has 19 heavy (non-hydrogen) atoms. The van der Waals surface area contributed by atoms with Gasteiger partial charge < -0.3 is 15.2 Å². The highest BCUT2D eigenvalue weighted by atomic mass is 16.5. The molecule has 2 N–H and O–H groups in total. The van der Waals surface area contributed by atoms with E-state index in [1.807, 2.05) is 6.92 Å². The van der Waals surface area contributed by atoms with E-state index in [-0.39, 0.29) is 18.1 Å². The molecule has 1 aromatic carbocycles. The number of benzene rings is 1. The molecule has 0 bridgehead atoms. The number of carboxylic acids is 1. The zero-order chi connectivity index (χ0) is 13.8. The van der Waals surface area contributed by atoms with Gasteiger partial charge in [-0.15, -0.1) is 0 Å². The first-order chi connectivity index (χ1) is 9.06. The molecule has 2 rings (SSSR count). The fraction of sp³-hybridized carbons (Fsp3) is 0.429. The molecule has 1 aliphatic rings. The molecule has 0 unspecified atom stereocenters. The van der Waals surface area contributed by atoms with Gasteiger partial charge in [-0.3, -0.25) is 4.79 Å². The first-order valence-corrected chi connectivity index (χ1v) is 6.28. The van der Waals surface area contributed by atoms with Crippen molar-refractivity contribution in [2.75, 3.05) is 18.5 Å². The maximum absolute atomic E-state index is 11.7. The van der Waals surface area contributed by atoms with Gasteiger partial charge in [0.15, 0.2) is 0 Å². The Morgan fingerprint density at radius 2 is 2.16 bits per heavy atom.